The Kier molecular flexibility index (Phi) is 5.55. The molecule has 0 spiro atoms. The Morgan fingerprint density at radius 3 is 2.96 bits per heavy atom. The first-order valence-corrected chi connectivity index (χ1v) is 10.7. The number of carbonyl (C=O) groups excluding carboxylic acids is 1. The van der Waals surface area contributed by atoms with Crippen molar-refractivity contribution in [2.45, 2.75) is 12.8 Å². The summed E-state index contributed by atoms with van der Waals surface area (Å²) in [5, 5.41) is 7.30. The van der Waals surface area contributed by atoms with Gasteiger partial charge >= 0.3 is 168 Å². The maximum atomic E-state index is 13.2. The second-order valence-corrected chi connectivity index (χ2v) is 8.55. The molecule has 2 aromatic carbocycles. The standard InChI is InChI=1S/C21H19FN4OSe/c22-15-6-3-7-16(11-15)26-20(27)19-13-25-21(28-19)23-10-4-5-14-12-24-18-9-2-1-8-17(14)18/h1-3,6-9,11-13,24H,4-5,10H2,(H,23,25)(H,26,27). The number of nitrogens with one attached hydrogen (secondary N) is 3. The molecule has 0 unspecified atom stereocenters. The van der Waals surface area contributed by atoms with Gasteiger partial charge in [-0.15, -0.1) is 0 Å². The maximum absolute atomic E-state index is 13.2. The van der Waals surface area contributed by atoms with Gasteiger partial charge in [0.1, 0.15) is 0 Å². The topological polar surface area (TPSA) is 69.8 Å². The monoisotopic (exact) mass is 442 g/mol. The number of hydrogen-bond donors (Lipinski definition) is 3. The number of H-pyrrole nitrogens is 1. The number of halogens is 1. The van der Waals surface area contributed by atoms with E-state index in [0.29, 0.717) is 10.1 Å². The van der Waals surface area contributed by atoms with Gasteiger partial charge in [-0.05, 0) is 0 Å². The van der Waals surface area contributed by atoms with Crippen molar-refractivity contribution in [3.8, 4) is 0 Å². The van der Waals surface area contributed by atoms with Crippen molar-refractivity contribution in [2.24, 2.45) is 0 Å². The van der Waals surface area contributed by atoms with Gasteiger partial charge in [0, 0.05) is 0 Å². The van der Waals surface area contributed by atoms with Crippen LogP contribution in [0, 0.1) is 5.82 Å². The molecule has 0 aliphatic carbocycles. The Labute approximate surface area is 167 Å². The molecule has 1 amide bonds. The average molecular weight is 441 g/mol. The fourth-order valence-electron chi connectivity index (χ4n) is 3.03. The van der Waals surface area contributed by atoms with Crippen molar-refractivity contribution >= 4 is 41.7 Å². The zero-order valence-electron chi connectivity index (χ0n) is 15.0. The number of anilines is 2. The van der Waals surface area contributed by atoms with Gasteiger partial charge in [-0.3, -0.25) is 0 Å². The number of rotatable bonds is 7. The summed E-state index contributed by atoms with van der Waals surface area (Å²) in [4.78, 5) is 19.9. The number of amides is 1. The zero-order valence-corrected chi connectivity index (χ0v) is 16.7. The Balaban J connectivity index is 1.28. The van der Waals surface area contributed by atoms with Crippen molar-refractivity contribution in [1.82, 2.24) is 9.97 Å². The van der Waals surface area contributed by atoms with Crippen molar-refractivity contribution < 1.29 is 9.18 Å². The molecule has 142 valence electrons. The first-order valence-electron chi connectivity index (χ1n) is 9.01. The fraction of sp³-hybridized carbons (Fsp3) is 0.143. The summed E-state index contributed by atoms with van der Waals surface area (Å²) in [5.41, 5.74) is 2.92. The van der Waals surface area contributed by atoms with E-state index >= 15 is 0 Å². The molecule has 0 saturated carbocycles. The Bertz CT molecular complexity index is 1100. The van der Waals surface area contributed by atoms with Crippen LogP contribution in [-0.4, -0.2) is 36.9 Å². The number of fused-ring (bicyclic) bond motifs is 1. The van der Waals surface area contributed by atoms with Crippen LogP contribution in [0.5, 0.6) is 0 Å². The summed E-state index contributed by atoms with van der Waals surface area (Å²) in [6.07, 6.45) is 5.61. The third-order valence-corrected chi connectivity index (χ3v) is 6.39. The minimum absolute atomic E-state index is 0.168. The number of aromatic amines is 1. The third kappa shape index (κ3) is 4.32. The van der Waals surface area contributed by atoms with Crippen molar-refractivity contribution in [2.75, 3.05) is 17.2 Å². The van der Waals surface area contributed by atoms with Gasteiger partial charge in [-0.25, -0.2) is 0 Å². The predicted molar refractivity (Wildman–Crippen MR) is 111 cm³/mol. The Morgan fingerprint density at radius 1 is 1.18 bits per heavy atom. The molecule has 4 rings (SSSR count). The Hall–Kier alpha value is -2.89. The zero-order chi connectivity index (χ0) is 19.3. The van der Waals surface area contributed by atoms with Crippen LogP contribution in [0.2, 0.25) is 0 Å². The molecule has 2 aromatic heterocycles. The SMILES string of the molecule is O=C(Nc1cccc(F)c1)c1cnc(NCCCc2c[nH]c3ccccc23)[se]1. The minimum atomic E-state index is -0.377. The van der Waals surface area contributed by atoms with Crippen LogP contribution in [0.1, 0.15) is 21.2 Å². The molecule has 3 N–H and O–H groups in total. The number of aromatic nitrogens is 2. The van der Waals surface area contributed by atoms with E-state index in [1.807, 2.05) is 6.07 Å². The normalized spacial score (nSPS) is 10.9. The van der Waals surface area contributed by atoms with Crippen LogP contribution in [0.4, 0.5) is 14.8 Å². The molecule has 2 heterocycles. The van der Waals surface area contributed by atoms with Crippen LogP contribution in [0.3, 0.4) is 0 Å². The second-order valence-electron chi connectivity index (χ2n) is 6.38. The van der Waals surface area contributed by atoms with Gasteiger partial charge in [0.05, 0.1) is 0 Å². The van der Waals surface area contributed by atoms with Gasteiger partial charge in [0.15, 0.2) is 0 Å². The second kappa shape index (κ2) is 8.42. The van der Waals surface area contributed by atoms with Crippen LogP contribution in [0.15, 0.2) is 60.9 Å². The van der Waals surface area contributed by atoms with E-state index in [2.05, 4.69) is 45.0 Å². The first-order chi connectivity index (χ1) is 13.7. The first kappa shape index (κ1) is 18.5. The summed E-state index contributed by atoms with van der Waals surface area (Å²) in [5.74, 6) is -0.609. The van der Waals surface area contributed by atoms with Crippen molar-refractivity contribution in [1.29, 1.82) is 0 Å². The average Bonchev–Trinajstić information content (AvgIpc) is 3.33. The molecular weight excluding hydrogens is 422 g/mol. The molecule has 0 radical (unpaired) electrons. The Morgan fingerprint density at radius 2 is 2.07 bits per heavy atom. The number of hydrogen-bond acceptors (Lipinski definition) is 3. The summed E-state index contributed by atoms with van der Waals surface area (Å²) >= 11 is -0.168. The predicted octanol–water partition coefficient (Wildman–Crippen LogP) is 4.06. The van der Waals surface area contributed by atoms with Crippen LogP contribution >= 0.6 is 0 Å². The van der Waals surface area contributed by atoms with Crippen LogP contribution in [-0.2, 0) is 6.42 Å². The number of aryl methyl sites for hydroxylation is 1. The molecule has 0 bridgehead atoms. The number of benzene rings is 2. The van der Waals surface area contributed by atoms with Crippen molar-refractivity contribution in [3.05, 3.63) is 76.7 Å². The molecule has 0 aliphatic heterocycles. The van der Waals surface area contributed by atoms with E-state index in [4.69, 9.17) is 0 Å². The van der Waals surface area contributed by atoms with E-state index in [1.165, 1.54) is 23.1 Å². The van der Waals surface area contributed by atoms with Gasteiger partial charge in [0.2, 0.25) is 0 Å². The van der Waals surface area contributed by atoms with Gasteiger partial charge in [-0.2, -0.15) is 0 Å². The molecule has 5 nitrogen and oxygen atoms in total. The molecule has 7 heteroatoms. The summed E-state index contributed by atoms with van der Waals surface area (Å²) < 4.78 is 14.7. The van der Waals surface area contributed by atoms with E-state index in [1.54, 1.807) is 18.3 Å². The number of para-hydroxylation sites is 1. The van der Waals surface area contributed by atoms with Crippen LogP contribution < -0.4 is 10.6 Å². The number of nitrogens with zero attached hydrogens (tertiary/aromatic N) is 1. The molecule has 0 atom stereocenters. The third-order valence-electron chi connectivity index (χ3n) is 4.39. The van der Waals surface area contributed by atoms with Gasteiger partial charge in [0.25, 0.3) is 0 Å². The molecule has 4 aromatic rings. The molecular formula is C21H19FN4OSe. The molecule has 0 aliphatic rings. The molecule has 0 saturated heterocycles. The fourth-order valence-corrected chi connectivity index (χ4v) is 4.58. The van der Waals surface area contributed by atoms with Gasteiger partial charge < -0.3 is 0 Å². The summed E-state index contributed by atoms with van der Waals surface area (Å²) in [6, 6.07) is 14.2. The summed E-state index contributed by atoms with van der Waals surface area (Å²) in [7, 11) is 0. The number of carbonyl (C=O) groups is 1. The van der Waals surface area contributed by atoms with Crippen molar-refractivity contribution in [3.63, 3.8) is 0 Å². The quantitative estimate of drug-likeness (QED) is 0.299. The molecule has 0 fully saturated rings. The van der Waals surface area contributed by atoms with E-state index in [9.17, 15) is 9.18 Å². The van der Waals surface area contributed by atoms with E-state index in [-0.39, 0.29) is 26.2 Å². The van der Waals surface area contributed by atoms with E-state index in [0.717, 1.165) is 29.6 Å². The van der Waals surface area contributed by atoms with Crippen LogP contribution in [0.25, 0.3) is 10.9 Å². The van der Waals surface area contributed by atoms with E-state index < -0.39 is 0 Å². The molecule has 28 heavy (non-hydrogen) atoms. The van der Waals surface area contributed by atoms with Gasteiger partial charge in [-0.1, -0.05) is 0 Å². The summed E-state index contributed by atoms with van der Waals surface area (Å²) in [6.45, 7) is 0.798.